The molecule has 1 rings (SSSR count). The number of rotatable bonds is 4. The highest BCUT2D eigenvalue weighted by Gasteiger charge is 2.17. The van der Waals surface area contributed by atoms with Crippen LogP contribution in [-0.4, -0.2) is 24.5 Å². The first kappa shape index (κ1) is 15.8. The maximum Gasteiger partial charge on any atom is 0.321 e. The molecule has 1 atom stereocenters. The van der Waals surface area contributed by atoms with E-state index in [1.54, 1.807) is 6.92 Å². The molecular formula is C12H14F3N3O2. The van der Waals surface area contributed by atoms with Gasteiger partial charge in [-0.05, 0) is 13.8 Å². The molecule has 0 aromatic heterocycles. The van der Waals surface area contributed by atoms with Crippen LogP contribution in [-0.2, 0) is 4.79 Å². The molecule has 0 heterocycles. The predicted octanol–water partition coefficient (Wildman–Crippen LogP) is 1.75. The number of hydrogen-bond acceptors (Lipinski definition) is 3. The Labute approximate surface area is 113 Å². The highest BCUT2D eigenvalue weighted by atomic mass is 19.2. The number of urea groups is 1. The molecule has 0 saturated heterocycles. The Hall–Kier alpha value is -2.25. The molecule has 0 aliphatic heterocycles. The van der Waals surface area contributed by atoms with Crippen LogP contribution in [0.25, 0.3) is 0 Å². The molecule has 1 unspecified atom stereocenters. The van der Waals surface area contributed by atoms with E-state index in [1.807, 2.05) is 5.32 Å². The van der Waals surface area contributed by atoms with Gasteiger partial charge in [0.2, 0.25) is 5.91 Å². The van der Waals surface area contributed by atoms with Crippen LogP contribution < -0.4 is 16.0 Å². The third-order valence-electron chi connectivity index (χ3n) is 2.33. The molecule has 0 radical (unpaired) electrons. The van der Waals surface area contributed by atoms with Crippen molar-refractivity contribution in [3.63, 3.8) is 0 Å². The van der Waals surface area contributed by atoms with E-state index in [2.05, 4.69) is 10.6 Å². The standard InChI is InChI=1S/C12H14F3N3O2/c1-3-16-12(20)18-11(19)6(2)17-7-4-8(13)10(15)9(14)5-7/h4-6,17H,3H2,1-2H3,(H2,16,18,19,20). The van der Waals surface area contributed by atoms with Gasteiger partial charge in [0.1, 0.15) is 6.04 Å². The van der Waals surface area contributed by atoms with Gasteiger partial charge in [-0.2, -0.15) is 0 Å². The minimum atomic E-state index is -1.59. The molecule has 3 N–H and O–H groups in total. The van der Waals surface area contributed by atoms with Gasteiger partial charge < -0.3 is 10.6 Å². The second kappa shape index (κ2) is 6.78. The second-order valence-corrected chi connectivity index (χ2v) is 3.97. The first-order valence-electron chi connectivity index (χ1n) is 5.85. The Kier molecular flexibility index (Phi) is 5.36. The number of anilines is 1. The van der Waals surface area contributed by atoms with E-state index in [9.17, 15) is 22.8 Å². The van der Waals surface area contributed by atoms with Gasteiger partial charge in [-0.15, -0.1) is 0 Å². The quantitative estimate of drug-likeness (QED) is 0.740. The summed E-state index contributed by atoms with van der Waals surface area (Å²) in [5.41, 5.74) is -0.111. The Morgan fingerprint density at radius 1 is 1.20 bits per heavy atom. The minimum Gasteiger partial charge on any atom is -0.374 e. The van der Waals surface area contributed by atoms with E-state index in [4.69, 9.17) is 0 Å². The highest BCUT2D eigenvalue weighted by molar-refractivity contribution is 5.97. The third-order valence-corrected chi connectivity index (χ3v) is 2.33. The van der Waals surface area contributed by atoms with E-state index in [0.29, 0.717) is 18.7 Å². The van der Waals surface area contributed by atoms with Crippen molar-refractivity contribution < 1.29 is 22.8 Å². The van der Waals surface area contributed by atoms with Gasteiger partial charge in [0.15, 0.2) is 17.5 Å². The molecule has 0 bridgehead atoms. The molecule has 20 heavy (non-hydrogen) atoms. The average Bonchev–Trinajstić information content (AvgIpc) is 2.35. The van der Waals surface area contributed by atoms with Crippen molar-refractivity contribution in [2.45, 2.75) is 19.9 Å². The van der Waals surface area contributed by atoms with E-state index >= 15 is 0 Å². The smallest absolute Gasteiger partial charge is 0.321 e. The molecule has 1 aromatic carbocycles. The van der Waals surface area contributed by atoms with Crippen LogP contribution in [0.15, 0.2) is 12.1 Å². The number of benzene rings is 1. The SMILES string of the molecule is CCNC(=O)NC(=O)C(C)Nc1cc(F)c(F)c(F)c1. The molecule has 8 heteroatoms. The number of hydrogen-bond donors (Lipinski definition) is 3. The van der Waals surface area contributed by atoms with Gasteiger partial charge in [-0.3, -0.25) is 10.1 Å². The fraction of sp³-hybridized carbons (Fsp3) is 0.333. The Morgan fingerprint density at radius 3 is 2.25 bits per heavy atom. The molecular weight excluding hydrogens is 275 g/mol. The van der Waals surface area contributed by atoms with Crippen LogP contribution in [0.4, 0.5) is 23.7 Å². The van der Waals surface area contributed by atoms with Gasteiger partial charge in [-0.1, -0.05) is 0 Å². The van der Waals surface area contributed by atoms with E-state index < -0.39 is 35.4 Å². The lowest BCUT2D eigenvalue weighted by Gasteiger charge is -2.15. The van der Waals surface area contributed by atoms with Crippen molar-refractivity contribution in [1.82, 2.24) is 10.6 Å². The zero-order valence-electron chi connectivity index (χ0n) is 10.9. The molecule has 3 amide bonds. The molecule has 0 saturated carbocycles. The number of nitrogens with one attached hydrogen (secondary N) is 3. The monoisotopic (exact) mass is 289 g/mol. The number of amides is 3. The van der Waals surface area contributed by atoms with Crippen molar-refractivity contribution in [3.05, 3.63) is 29.6 Å². The summed E-state index contributed by atoms with van der Waals surface area (Å²) in [4.78, 5) is 22.7. The minimum absolute atomic E-state index is 0.111. The van der Waals surface area contributed by atoms with E-state index in [-0.39, 0.29) is 5.69 Å². The lowest BCUT2D eigenvalue weighted by Crippen LogP contribution is -2.45. The van der Waals surface area contributed by atoms with E-state index in [0.717, 1.165) is 0 Å². The summed E-state index contributed by atoms with van der Waals surface area (Å²) in [6.07, 6.45) is 0. The van der Waals surface area contributed by atoms with Gasteiger partial charge in [-0.25, -0.2) is 18.0 Å². The maximum atomic E-state index is 13.0. The third kappa shape index (κ3) is 4.15. The van der Waals surface area contributed by atoms with Gasteiger partial charge in [0, 0.05) is 24.4 Å². The topological polar surface area (TPSA) is 70.2 Å². The zero-order chi connectivity index (χ0) is 15.3. The Balaban J connectivity index is 2.68. The van der Waals surface area contributed by atoms with Crippen molar-refractivity contribution in [2.75, 3.05) is 11.9 Å². The van der Waals surface area contributed by atoms with Crippen LogP contribution in [0.5, 0.6) is 0 Å². The first-order chi connectivity index (χ1) is 9.35. The van der Waals surface area contributed by atoms with Gasteiger partial charge >= 0.3 is 6.03 Å². The molecule has 1 aromatic rings. The molecule has 0 fully saturated rings. The second-order valence-electron chi connectivity index (χ2n) is 3.97. The Morgan fingerprint density at radius 2 is 1.75 bits per heavy atom. The summed E-state index contributed by atoms with van der Waals surface area (Å²) in [5.74, 6) is -5.02. The molecule has 0 aliphatic rings. The summed E-state index contributed by atoms with van der Waals surface area (Å²) in [6.45, 7) is 3.40. The normalized spacial score (nSPS) is 11.7. The number of imide groups is 1. The van der Waals surface area contributed by atoms with Crippen LogP contribution >= 0.6 is 0 Å². The molecule has 110 valence electrons. The number of carbonyl (C=O) groups excluding carboxylic acids is 2. The van der Waals surface area contributed by atoms with Crippen LogP contribution in [0, 0.1) is 17.5 Å². The van der Waals surface area contributed by atoms with Gasteiger partial charge in [0.05, 0.1) is 0 Å². The average molecular weight is 289 g/mol. The summed E-state index contributed by atoms with van der Waals surface area (Å²) in [5, 5.41) is 6.84. The van der Waals surface area contributed by atoms with Crippen molar-refractivity contribution in [3.8, 4) is 0 Å². The lowest BCUT2D eigenvalue weighted by molar-refractivity contribution is -0.120. The van der Waals surface area contributed by atoms with Crippen molar-refractivity contribution >= 4 is 17.6 Å². The van der Waals surface area contributed by atoms with Gasteiger partial charge in [0.25, 0.3) is 0 Å². The molecule has 5 nitrogen and oxygen atoms in total. The summed E-state index contributed by atoms with van der Waals surface area (Å²) >= 11 is 0. The van der Waals surface area contributed by atoms with Crippen LogP contribution in [0.1, 0.15) is 13.8 Å². The fourth-order valence-corrected chi connectivity index (χ4v) is 1.38. The largest absolute Gasteiger partial charge is 0.374 e. The molecule has 0 spiro atoms. The first-order valence-corrected chi connectivity index (χ1v) is 5.85. The van der Waals surface area contributed by atoms with Crippen molar-refractivity contribution in [2.24, 2.45) is 0 Å². The lowest BCUT2D eigenvalue weighted by atomic mass is 10.2. The Bertz CT molecular complexity index is 500. The molecule has 0 aliphatic carbocycles. The highest BCUT2D eigenvalue weighted by Crippen LogP contribution is 2.17. The van der Waals surface area contributed by atoms with Crippen LogP contribution in [0.2, 0.25) is 0 Å². The zero-order valence-corrected chi connectivity index (χ0v) is 10.9. The number of halogens is 3. The predicted molar refractivity (Wildman–Crippen MR) is 66.6 cm³/mol. The van der Waals surface area contributed by atoms with E-state index in [1.165, 1.54) is 6.92 Å². The van der Waals surface area contributed by atoms with Crippen molar-refractivity contribution in [1.29, 1.82) is 0 Å². The maximum absolute atomic E-state index is 13.0. The van der Waals surface area contributed by atoms with Crippen LogP contribution in [0.3, 0.4) is 0 Å². The summed E-state index contributed by atoms with van der Waals surface area (Å²) < 4.78 is 38.7. The summed E-state index contributed by atoms with van der Waals surface area (Å²) in [6, 6.07) is -0.188. The summed E-state index contributed by atoms with van der Waals surface area (Å²) in [7, 11) is 0. The number of carbonyl (C=O) groups is 2. The fourth-order valence-electron chi connectivity index (χ4n) is 1.38.